The van der Waals surface area contributed by atoms with Gasteiger partial charge in [0.15, 0.2) is 0 Å². The Hall–Kier alpha value is -1.25. The number of nitriles is 1. The Kier molecular flexibility index (Phi) is 2.80. The molecule has 2 heterocycles. The van der Waals surface area contributed by atoms with E-state index >= 15 is 0 Å². The minimum absolute atomic E-state index is 0.172. The molecule has 1 aromatic rings. The molecule has 3 N–H and O–H groups in total. The molecule has 4 nitrogen and oxygen atoms in total. The van der Waals surface area contributed by atoms with Gasteiger partial charge in [0.05, 0.1) is 16.8 Å². The van der Waals surface area contributed by atoms with Crippen LogP contribution >= 0.6 is 11.3 Å². The Morgan fingerprint density at radius 1 is 1.53 bits per heavy atom. The summed E-state index contributed by atoms with van der Waals surface area (Å²) in [6.45, 7) is 1.68. The number of nitrogens with two attached hydrogens (primary N) is 1. The molecule has 5 heteroatoms. The third-order valence-corrected chi connectivity index (χ3v) is 3.74. The van der Waals surface area contributed by atoms with Crippen LogP contribution in [0.4, 0.5) is 10.7 Å². The molecule has 0 unspecified atom stereocenters. The SMILES string of the molecule is N#Cc1sc(N2CCC(O)CC2)cc1N. The molecule has 1 aliphatic rings. The van der Waals surface area contributed by atoms with Crippen LogP contribution in [0, 0.1) is 11.3 Å². The maximum atomic E-state index is 9.38. The van der Waals surface area contributed by atoms with Crippen LogP contribution in [0.5, 0.6) is 0 Å². The van der Waals surface area contributed by atoms with Gasteiger partial charge in [-0.25, -0.2) is 0 Å². The highest BCUT2D eigenvalue weighted by Crippen LogP contribution is 2.32. The molecule has 0 aromatic carbocycles. The van der Waals surface area contributed by atoms with Gasteiger partial charge < -0.3 is 15.7 Å². The number of hydrogen-bond acceptors (Lipinski definition) is 5. The molecule has 1 aliphatic heterocycles. The molecule has 0 radical (unpaired) electrons. The number of anilines is 2. The number of nitrogen functional groups attached to an aromatic ring is 1. The Balaban J connectivity index is 2.13. The lowest BCUT2D eigenvalue weighted by molar-refractivity contribution is 0.145. The minimum atomic E-state index is -0.172. The third-order valence-electron chi connectivity index (χ3n) is 2.63. The third kappa shape index (κ3) is 2.06. The maximum Gasteiger partial charge on any atom is 0.129 e. The average molecular weight is 223 g/mol. The van der Waals surface area contributed by atoms with Crippen molar-refractivity contribution in [2.24, 2.45) is 0 Å². The number of thiophene rings is 1. The van der Waals surface area contributed by atoms with Crippen molar-refractivity contribution >= 4 is 22.0 Å². The zero-order chi connectivity index (χ0) is 10.8. The molecule has 0 amide bonds. The first-order chi connectivity index (χ1) is 7.20. The molecular weight excluding hydrogens is 210 g/mol. The quantitative estimate of drug-likeness (QED) is 0.749. The largest absolute Gasteiger partial charge is 0.397 e. The van der Waals surface area contributed by atoms with Gasteiger partial charge in [0, 0.05) is 13.1 Å². The molecule has 0 atom stereocenters. The molecule has 0 spiro atoms. The maximum absolute atomic E-state index is 9.38. The van der Waals surface area contributed by atoms with Crippen LogP contribution in [0.1, 0.15) is 17.7 Å². The molecule has 0 bridgehead atoms. The summed E-state index contributed by atoms with van der Waals surface area (Å²) in [5.41, 5.74) is 6.26. The molecular formula is C10H13N3OS. The number of aliphatic hydroxyl groups is 1. The van der Waals surface area contributed by atoms with E-state index in [9.17, 15) is 5.11 Å². The van der Waals surface area contributed by atoms with E-state index < -0.39 is 0 Å². The Morgan fingerprint density at radius 3 is 2.73 bits per heavy atom. The van der Waals surface area contributed by atoms with E-state index in [1.165, 1.54) is 11.3 Å². The normalized spacial score (nSPS) is 17.7. The second-order valence-electron chi connectivity index (χ2n) is 3.70. The first-order valence-electron chi connectivity index (χ1n) is 4.93. The number of nitrogens with zero attached hydrogens (tertiary/aromatic N) is 2. The van der Waals surface area contributed by atoms with E-state index in [0.29, 0.717) is 10.6 Å². The summed E-state index contributed by atoms with van der Waals surface area (Å²) in [4.78, 5) is 2.75. The Morgan fingerprint density at radius 2 is 2.20 bits per heavy atom. The van der Waals surface area contributed by atoms with E-state index in [-0.39, 0.29) is 6.10 Å². The van der Waals surface area contributed by atoms with E-state index in [4.69, 9.17) is 11.0 Å². The monoisotopic (exact) mass is 223 g/mol. The first-order valence-corrected chi connectivity index (χ1v) is 5.75. The lowest BCUT2D eigenvalue weighted by Crippen LogP contribution is -2.35. The van der Waals surface area contributed by atoms with Crippen molar-refractivity contribution in [2.45, 2.75) is 18.9 Å². The first kappa shape index (κ1) is 10.3. The molecule has 0 aliphatic carbocycles. The summed E-state index contributed by atoms with van der Waals surface area (Å²) in [6.07, 6.45) is 1.41. The van der Waals surface area contributed by atoms with E-state index in [1.54, 1.807) is 0 Å². The van der Waals surface area contributed by atoms with E-state index in [0.717, 1.165) is 30.9 Å². The lowest BCUT2D eigenvalue weighted by atomic mass is 10.1. The van der Waals surface area contributed by atoms with Crippen molar-refractivity contribution in [3.8, 4) is 6.07 Å². The van der Waals surface area contributed by atoms with Gasteiger partial charge in [-0.2, -0.15) is 5.26 Å². The predicted molar refractivity (Wildman–Crippen MR) is 60.9 cm³/mol. The summed E-state index contributed by atoms with van der Waals surface area (Å²) in [5, 5.41) is 19.2. The van der Waals surface area contributed by atoms with E-state index in [2.05, 4.69) is 11.0 Å². The smallest absolute Gasteiger partial charge is 0.129 e. The van der Waals surface area contributed by atoms with Crippen molar-refractivity contribution in [1.29, 1.82) is 5.26 Å². The van der Waals surface area contributed by atoms with Gasteiger partial charge in [0.25, 0.3) is 0 Å². The highest BCUT2D eigenvalue weighted by atomic mass is 32.1. The highest BCUT2D eigenvalue weighted by Gasteiger charge is 2.19. The molecule has 1 fully saturated rings. The Labute approximate surface area is 92.5 Å². The topological polar surface area (TPSA) is 73.3 Å². The minimum Gasteiger partial charge on any atom is -0.397 e. The van der Waals surface area contributed by atoms with Crippen LogP contribution in [0.25, 0.3) is 0 Å². The number of piperidine rings is 1. The van der Waals surface area contributed by atoms with Crippen LogP contribution < -0.4 is 10.6 Å². The molecule has 80 valence electrons. The van der Waals surface area contributed by atoms with Gasteiger partial charge in [0.1, 0.15) is 10.9 Å². The van der Waals surface area contributed by atoms with Crippen molar-refractivity contribution < 1.29 is 5.11 Å². The van der Waals surface area contributed by atoms with Crippen molar-refractivity contribution in [3.05, 3.63) is 10.9 Å². The number of rotatable bonds is 1. The van der Waals surface area contributed by atoms with Gasteiger partial charge in [-0.05, 0) is 18.9 Å². The molecule has 1 saturated heterocycles. The second kappa shape index (κ2) is 4.09. The fraction of sp³-hybridized carbons (Fsp3) is 0.500. The lowest BCUT2D eigenvalue weighted by Gasteiger charge is -2.29. The number of hydrogen-bond donors (Lipinski definition) is 2. The van der Waals surface area contributed by atoms with Crippen LogP contribution in [0.15, 0.2) is 6.07 Å². The Bertz CT molecular complexity index is 388. The summed E-state index contributed by atoms with van der Waals surface area (Å²) >= 11 is 1.43. The summed E-state index contributed by atoms with van der Waals surface area (Å²) < 4.78 is 0. The fourth-order valence-electron chi connectivity index (χ4n) is 1.72. The average Bonchev–Trinajstić information content (AvgIpc) is 2.61. The summed E-state index contributed by atoms with van der Waals surface area (Å²) in [5.74, 6) is 0. The van der Waals surface area contributed by atoms with Crippen LogP contribution in [0.3, 0.4) is 0 Å². The summed E-state index contributed by atoms with van der Waals surface area (Å²) in [7, 11) is 0. The molecule has 0 saturated carbocycles. The van der Waals surface area contributed by atoms with Gasteiger partial charge in [-0.3, -0.25) is 0 Å². The van der Waals surface area contributed by atoms with Gasteiger partial charge in [-0.15, -0.1) is 11.3 Å². The van der Waals surface area contributed by atoms with Crippen LogP contribution in [-0.2, 0) is 0 Å². The van der Waals surface area contributed by atoms with Crippen molar-refractivity contribution in [1.82, 2.24) is 0 Å². The van der Waals surface area contributed by atoms with Crippen LogP contribution in [-0.4, -0.2) is 24.3 Å². The predicted octanol–water partition coefficient (Wildman–Crippen LogP) is 1.16. The van der Waals surface area contributed by atoms with Gasteiger partial charge in [-0.1, -0.05) is 0 Å². The number of aliphatic hydroxyl groups excluding tert-OH is 1. The fourth-order valence-corrected chi connectivity index (χ4v) is 2.65. The van der Waals surface area contributed by atoms with Gasteiger partial charge >= 0.3 is 0 Å². The second-order valence-corrected chi connectivity index (χ2v) is 4.73. The van der Waals surface area contributed by atoms with Crippen molar-refractivity contribution in [2.75, 3.05) is 23.7 Å². The van der Waals surface area contributed by atoms with E-state index in [1.807, 2.05) is 6.07 Å². The standard InChI is InChI=1S/C10H13N3OS/c11-6-9-8(12)5-10(15-9)13-3-1-7(14)2-4-13/h5,7,14H,1-4,12H2. The zero-order valence-electron chi connectivity index (χ0n) is 8.31. The zero-order valence-corrected chi connectivity index (χ0v) is 9.13. The molecule has 2 rings (SSSR count). The molecule has 1 aromatic heterocycles. The van der Waals surface area contributed by atoms with Crippen molar-refractivity contribution in [3.63, 3.8) is 0 Å². The summed E-state index contributed by atoms with van der Waals surface area (Å²) in [6, 6.07) is 3.93. The highest BCUT2D eigenvalue weighted by molar-refractivity contribution is 7.17. The van der Waals surface area contributed by atoms with Gasteiger partial charge in [0.2, 0.25) is 0 Å². The molecule has 15 heavy (non-hydrogen) atoms. The van der Waals surface area contributed by atoms with Crippen LogP contribution in [0.2, 0.25) is 0 Å².